The second kappa shape index (κ2) is 10.9. The fraction of sp³-hybridized carbons (Fsp3) is 0.448. The van der Waals surface area contributed by atoms with Gasteiger partial charge in [0.15, 0.2) is 11.7 Å². The van der Waals surface area contributed by atoms with Gasteiger partial charge < -0.3 is 14.5 Å². The van der Waals surface area contributed by atoms with E-state index in [4.69, 9.17) is 14.1 Å². The Hall–Kier alpha value is -3.14. The molecule has 5 heterocycles. The van der Waals surface area contributed by atoms with Crippen molar-refractivity contribution >= 4 is 17.0 Å². The molecule has 1 aromatic carbocycles. The second-order valence-electron chi connectivity index (χ2n) is 10.1. The molecular weight excluding hydrogens is 496 g/mol. The smallest absolute Gasteiger partial charge is 0.196 e. The van der Waals surface area contributed by atoms with Gasteiger partial charge in [-0.25, -0.2) is 4.98 Å². The molecular formula is C29H34N6O2S. The van der Waals surface area contributed by atoms with E-state index in [9.17, 15) is 0 Å². The summed E-state index contributed by atoms with van der Waals surface area (Å²) in [6.45, 7) is 9.31. The summed E-state index contributed by atoms with van der Waals surface area (Å²) in [6, 6.07) is 8.63. The first-order valence-electron chi connectivity index (χ1n) is 13.5. The number of nitrogens with zero attached hydrogens (tertiary/aromatic N) is 5. The Morgan fingerprint density at radius 2 is 1.92 bits per heavy atom. The molecule has 2 aliphatic heterocycles. The first kappa shape index (κ1) is 25.2. The maximum atomic E-state index is 6.10. The molecule has 4 aromatic rings. The van der Waals surface area contributed by atoms with E-state index in [-0.39, 0.29) is 6.04 Å². The van der Waals surface area contributed by atoms with Gasteiger partial charge in [0, 0.05) is 22.6 Å². The summed E-state index contributed by atoms with van der Waals surface area (Å²) in [7, 11) is 0. The average molecular weight is 531 g/mol. The van der Waals surface area contributed by atoms with Crippen molar-refractivity contribution in [1.29, 1.82) is 0 Å². The first-order chi connectivity index (χ1) is 18.6. The van der Waals surface area contributed by atoms with E-state index >= 15 is 0 Å². The number of nitrogens with one attached hydrogen (secondary N) is 1. The van der Waals surface area contributed by atoms with Crippen LogP contribution in [0, 0.1) is 20.8 Å². The van der Waals surface area contributed by atoms with Gasteiger partial charge in [-0.3, -0.25) is 9.56 Å². The molecule has 1 fully saturated rings. The number of hydrogen-bond acceptors (Lipinski definition) is 8. The van der Waals surface area contributed by atoms with E-state index in [0.717, 1.165) is 78.9 Å². The number of aliphatic imine (C=N–C) groups is 1. The van der Waals surface area contributed by atoms with Gasteiger partial charge in [-0.15, -0.1) is 21.5 Å². The number of rotatable bonds is 8. The lowest BCUT2D eigenvalue weighted by Crippen LogP contribution is -2.32. The van der Waals surface area contributed by atoms with Crippen LogP contribution >= 0.6 is 11.3 Å². The number of oxazole rings is 1. The standard InChI is InChI=1S/C29H34N6O2S/c1-18-19(2)38-29-26(18)27(32-24(17-25-31-14-16-37-25)28-34-33-20(3)35(28)29)22-8-6-21(7-9-22)5-4-15-36-23-10-12-30-13-11-23/h6-9,14,16,23-24,30H,4-5,10-13,15,17H2,1-3H3/t24-/m0/s1. The predicted octanol–water partition coefficient (Wildman–Crippen LogP) is 5.08. The number of fused-ring (bicyclic) bond motifs is 3. The van der Waals surface area contributed by atoms with E-state index in [1.54, 1.807) is 23.8 Å². The van der Waals surface area contributed by atoms with Gasteiger partial charge in [-0.2, -0.15) is 0 Å². The Morgan fingerprint density at radius 3 is 2.68 bits per heavy atom. The van der Waals surface area contributed by atoms with Crippen molar-refractivity contribution < 1.29 is 9.15 Å². The van der Waals surface area contributed by atoms with Gasteiger partial charge in [-0.1, -0.05) is 24.3 Å². The molecule has 0 radical (unpaired) electrons. The third-order valence-corrected chi connectivity index (χ3v) is 8.76. The number of hydrogen-bond donors (Lipinski definition) is 1. The van der Waals surface area contributed by atoms with Crippen molar-refractivity contribution in [2.24, 2.45) is 4.99 Å². The van der Waals surface area contributed by atoms with Crippen LogP contribution in [0.3, 0.4) is 0 Å². The zero-order valence-electron chi connectivity index (χ0n) is 22.2. The van der Waals surface area contributed by atoms with Crippen molar-refractivity contribution in [1.82, 2.24) is 25.1 Å². The monoisotopic (exact) mass is 530 g/mol. The van der Waals surface area contributed by atoms with Crippen molar-refractivity contribution in [2.75, 3.05) is 19.7 Å². The molecule has 1 saturated heterocycles. The van der Waals surface area contributed by atoms with Crippen molar-refractivity contribution in [2.45, 2.75) is 65.0 Å². The summed E-state index contributed by atoms with van der Waals surface area (Å²) >= 11 is 1.77. The van der Waals surface area contributed by atoms with Crippen LogP contribution in [0.25, 0.3) is 5.00 Å². The lowest BCUT2D eigenvalue weighted by molar-refractivity contribution is 0.0318. The molecule has 0 saturated carbocycles. The Balaban J connectivity index is 1.28. The summed E-state index contributed by atoms with van der Waals surface area (Å²) in [5, 5.41) is 13.5. The zero-order valence-corrected chi connectivity index (χ0v) is 23.1. The van der Waals surface area contributed by atoms with Crippen molar-refractivity contribution in [3.8, 4) is 5.00 Å². The van der Waals surface area contributed by atoms with Crippen molar-refractivity contribution in [3.05, 3.63) is 81.4 Å². The highest BCUT2D eigenvalue weighted by Crippen LogP contribution is 2.39. The molecule has 3 aromatic heterocycles. The van der Waals surface area contributed by atoms with Gasteiger partial charge in [0.05, 0.1) is 24.4 Å². The fourth-order valence-electron chi connectivity index (χ4n) is 5.36. The minimum atomic E-state index is -0.254. The summed E-state index contributed by atoms with van der Waals surface area (Å²) in [5.41, 5.74) is 5.83. The third kappa shape index (κ3) is 4.98. The van der Waals surface area contributed by atoms with Crippen LogP contribution in [0.5, 0.6) is 0 Å². The minimum Gasteiger partial charge on any atom is -0.449 e. The average Bonchev–Trinajstić information content (AvgIpc) is 3.63. The number of benzene rings is 1. The number of aromatic nitrogens is 4. The number of aryl methyl sites for hydroxylation is 3. The summed E-state index contributed by atoms with van der Waals surface area (Å²) in [6.07, 6.45) is 8.49. The van der Waals surface area contributed by atoms with E-state index in [1.165, 1.54) is 16.0 Å². The molecule has 1 N–H and O–H groups in total. The maximum Gasteiger partial charge on any atom is 0.196 e. The van der Waals surface area contributed by atoms with Gasteiger partial charge >= 0.3 is 0 Å². The highest BCUT2D eigenvalue weighted by atomic mass is 32.1. The normalized spacial score (nSPS) is 17.7. The zero-order chi connectivity index (χ0) is 26.1. The Bertz CT molecular complexity index is 1410. The van der Waals surface area contributed by atoms with E-state index in [2.05, 4.69) is 63.2 Å². The molecule has 198 valence electrons. The van der Waals surface area contributed by atoms with Crippen LogP contribution in [0.1, 0.15) is 70.0 Å². The second-order valence-corrected chi connectivity index (χ2v) is 11.4. The highest BCUT2D eigenvalue weighted by molar-refractivity contribution is 7.15. The molecule has 6 rings (SSSR count). The SMILES string of the molecule is Cc1sc2c(c1C)C(c1ccc(CCCOC3CCNCC3)cc1)=N[C@@H](Cc1ncco1)c1nnc(C)n1-2. The number of piperidine rings is 1. The molecule has 0 spiro atoms. The molecule has 0 unspecified atom stereocenters. The summed E-state index contributed by atoms with van der Waals surface area (Å²) in [5.74, 6) is 2.33. The quantitative estimate of drug-likeness (QED) is 0.320. The number of ether oxygens (including phenoxy) is 1. The molecule has 0 bridgehead atoms. The van der Waals surface area contributed by atoms with Crippen LogP contribution in [-0.4, -0.2) is 51.3 Å². The number of thiophene rings is 1. The maximum absolute atomic E-state index is 6.10. The van der Waals surface area contributed by atoms with E-state index < -0.39 is 0 Å². The van der Waals surface area contributed by atoms with Crippen LogP contribution in [0.4, 0.5) is 0 Å². The Labute approximate surface area is 227 Å². The Morgan fingerprint density at radius 1 is 1.11 bits per heavy atom. The van der Waals surface area contributed by atoms with E-state index in [1.807, 2.05) is 6.92 Å². The van der Waals surface area contributed by atoms with Crippen LogP contribution < -0.4 is 5.32 Å². The van der Waals surface area contributed by atoms with Crippen LogP contribution in [0.15, 0.2) is 46.1 Å². The van der Waals surface area contributed by atoms with E-state index in [0.29, 0.717) is 18.4 Å². The van der Waals surface area contributed by atoms with Gasteiger partial charge in [0.25, 0.3) is 0 Å². The highest BCUT2D eigenvalue weighted by Gasteiger charge is 2.32. The third-order valence-electron chi connectivity index (χ3n) is 7.57. The largest absolute Gasteiger partial charge is 0.449 e. The molecule has 9 heteroatoms. The minimum absolute atomic E-state index is 0.254. The Kier molecular flexibility index (Phi) is 7.23. The predicted molar refractivity (Wildman–Crippen MR) is 149 cm³/mol. The molecule has 0 amide bonds. The molecule has 2 aliphatic rings. The topological polar surface area (TPSA) is 90.4 Å². The first-order valence-corrected chi connectivity index (χ1v) is 14.3. The van der Waals surface area contributed by atoms with Gasteiger partial charge in [0.1, 0.15) is 23.1 Å². The molecule has 0 aliphatic carbocycles. The lowest BCUT2D eigenvalue weighted by atomic mass is 9.98. The van der Waals surface area contributed by atoms with Gasteiger partial charge in [0.2, 0.25) is 0 Å². The molecule has 38 heavy (non-hydrogen) atoms. The summed E-state index contributed by atoms with van der Waals surface area (Å²) < 4.78 is 13.9. The van der Waals surface area contributed by atoms with Crippen LogP contribution in [-0.2, 0) is 17.6 Å². The summed E-state index contributed by atoms with van der Waals surface area (Å²) in [4.78, 5) is 11.0. The lowest BCUT2D eigenvalue weighted by Gasteiger charge is -2.22. The fourth-order valence-corrected chi connectivity index (χ4v) is 6.58. The van der Waals surface area contributed by atoms with Gasteiger partial charge in [-0.05, 0) is 70.7 Å². The van der Waals surface area contributed by atoms with Crippen molar-refractivity contribution in [3.63, 3.8) is 0 Å². The molecule has 8 nitrogen and oxygen atoms in total. The van der Waals surface area contributed by atoms with Crippen LogP contribution in [0.2, 0.25) is 0 Å². The molecule has 1 atom stereocenters.